The number of imidazole rings is 1. The van der Waals surface area contributed by atoms with Crippen LogP contribution in [0.25, 0.3) is 16.7 Å². The Labute approximate surface area is 152 Å². The van der Waals surface area contributed by atoms with Crippen LogP contribution in [0.4, 0.5) is 11.5 Å². The first-order valence-electron chi connectivity index (χ1n) is 7.34. The van der Waals surface area contributed by atoms with Crippen molar-refractivity contribution in [2.24, 2.45) is 0 Å². The van der Waals surface area contributed by atoms with Gasteiger partial charge < -0.3 is 5.32 Å². The predicted molar refractivity (Wildman–Crippen MR) is 97.5 cm³/mol. The number of rotatable bonds is 2. The number of aryl methyl sites for hydroxylation is 1. The number of nitrogens with one attached hydrogen (secondary N) is 1. The molecule has 0 aliphatic carbocycles. The van der Waals surface area contributed by atoms with Gasteiger partial charge in [-0.1, -0.05) is 35.3 Å². The molecule has 0 atom stereocenters. The van der Waals surface area contributed by atoms with Gasteiger partial charge in [-0.05, 0) is 30.7 Å². The first kappa shape index (κ1) is 15.6. The van der Waals surface area contributed by atoms with Gasteiger partial charge >= 0.3 is 0 Å². The Morgan fingerprint density at radius 2 is 1.88 bits per heavy atom. The number of anilines is 2. The number of pyridine rings is 1. The minimum Gasteiger partial charge on any atom is -0.336 e. The lowest BCUT2D eigenvalue weighted by molar-refractivity contribution is 1.15. The Morgan fingerprint density at radius 1 is 1.16 bits per heavy atom. The van der Waals surface area contributed by atoms with Crippen LogP contribution in [0.3, 0.4) is 0 Å². The summed E-state index contributed by atoms with van der Waals surface area (Å²) in [6.07, 6.45) is 1.29. The van der Waals surface area contributed by atoms with Crippen LogP contribution in [0.5, 0.6) is 0 Å². The minimum atomic E-state index is 0.208. The van der Waals surface area contributed by atoms with E-state index in [0.29, 0.717) is 22.7 Å². The number of hydrogen-bond acceptors (Lipinski definition) is 5. The minimum absolute atomic E-state index is 0.208. The maximum absolute atomic E-state index is 9.52. The molecule has 0 unspecified atom stereocenters. The van der Waals surface area contributed by atoms with Crippen LogP contribution < -0.4 is 5.32 Å². The van der Waals surface area contributed by atoms with Crippen molar-refractivity contribution in [3.63, 3.8) is 0 Å². The highest BCUT2D eigenvalue weighted by atomic mass is 35.5. The van der Waals surface area contributed by atoms with Gasteiger partial charge in [-0.25, -0.2) is 15.0 Å². The third-order valence-corrected chi connectivity index (χ3v) is 4.47. The molecule has 0 aliphatic rings. The van der Waals surface area contributed by atoms with Crippen molar-refractivity contribution >= 4 is 51.4 Å². The van der Waals surface area contributed by atoms with Crippen LogP contribution in [-0.4, -0.2) is 19.4 Å². The lowest BCUT2D eigenvalue weighted by atomic mass is 10.1. The Kier molecular flexibility index (Phi) is 3.68. The van der Waals surface area contributed by atoms with E-state index in [1.807, 2.05) is 41.7 Å². The number of aromatic nitrogens is 4. The number of halogens is 2. The maximum Gasteiger partial charge on any atom is 0.157 e. The Bertz CT molecular complexity index is 1160. The van der Waals surface area contributed by atoms with E-state index in [9.17, 15) is 5.26 Å². The quantitative estimate of drug-likeness (QED) is 0.526. The molecule has 0 radical (unpaired) electrons. The topological polar surface area (TPSA) is 78.9 Å². The lowest BCUT2D eigenvalue weighted by Gasteiger charge is -2.13. The summed E-state index contributed by atoms with van der Waals surface area (Å²) in [5.74, 6) is 0.666. The van der Waals surface area contributed by atoms with Crippen LogP contribution in [0, 0.1) is 18.3 Å². The van der Waals surface area contributed by atoms with Crippen molar-refractivity contribution in [3.05, 3.63) is 58.1 Å². The van der Waals surface area contributed by atoms with Gasteiger partial charge in [-0.15, -0.1) is 0 Å². The SMILES string of the molecule is Cc1cc(Nc2c(Cl)ncnc2Cl)n2c(nc3ccccc32)c1C#N. The summed E-state index contributed by atoms with van der Waals surface area (Å²) in [4.78, 5) is 12.5. The molecule has 6 nitrogen and oxygen atoms in total. The fourth-order valence-electron chi connectivity index (χ4n) is 2.76. The summed E-state index contributed by atoms with van der Waals surface area (Å²) in [5.41, 5.74) is 3.92. The van der Waals surface area contributed by atoms with Gasteiger partial charge in [-0.2, -0.15) is 5.26 Å². The first-order valence-corrected chi connectivity index (χ1v) is 8.09. The molecule has 1 aromatic carbocycles. The average molecular weight is 369 g/mol. The largest absolute Gasteiger partial charge is 0.336 e. The zero-order valence-electron chi connectivity index (χ0n) is 13.0. The van der Waals surface area contributed by atoms with E-state index in [1.54, 1.807) is 0 Å². The Morgan fingerprint density at radius 3 is 2.60 bits per heavy atom. The van der Waals surface area contributed by atoms with E-state index in [2.05, 4.69) is 26.3 Å². The first-order chi connectivity index (χ1) is 12.1. The second-order valence-corrected chi connectivity index (χ2v) is 6.13. The van der Waals surface area contributed by atoms with Crippen LogP contribution in [-0.2, 0) is 0 Å². The van der Waals surface area contributed by atoms with Crippen molar-refractivity contribution in [3.8, 4) is 6.07 Å². The highest BCUT2D eigenvalue weighted by molar-refractivity contribution is 6.37. The molecule has 0 saturated carbocycles. The lowest BCUT2D eigenvalue weighted by Crippen LogP contribution is -2.03. The fraction of sp³-hybridized carbons (Fsp3) is 0.0588. The number of nitriles is 1. The standard InChI is InChI=1S/C17H10Cl2N6/c1-9-6-13(24-14-15(18)21-8-22-16(14)19)25-12-5-3-2-4-11(12)23-17(25)10(9)7-20/h2-6,8,24H,1H3. The van der Waals surface area contributed by atoms with E-state index < -0.39 is 0 Å². The summed E-state index contributed by atoms with van der Waals surface area (Å²) in [5, 5.41) is 13.1. The number of para-hydroxylation sites is 2. The summed E-state index contributed by atoms with van der Waals surface area (Å²) < 4.78 is 1.86. The molecule has 0 bridgehead atoms. The molecule has 0 fully saturated rings. The normalized spacial score (nSPS) is 11.0. The molecular formula is C17H10Cl2N6. The Hall–Kier alpha value is -2.88. The smallest absolute Gasteiger partial charge is 0.157 e. The van der Waals surface area contributed by atoms with Gasteiger partial charge in [0.2, 0.25) is 0 Å². The van der Waals surface area contributed by atoms with Crippen LogP contribution >= 0.6 is 23.2 Å². The summed E-state index contributed by atoms with van der Waals surface area (Å²) in [7, 11) is 0. The van der Waals surface area contributed by atoms with E-state index in [0.717, 1.165) is 16.6 Å². The number of fused-ring (bicyclic) bond motifs is 3. The molecule has 0 amide bonds. The van der Waals surface area contributed by atoms with Gasteiger partial charge in [0.25, 0.3) is 0 Å². The van der Waals surface area contributed by atoms with Crippen LogP contribution in [0.15, 0.2) is 36.7 Å². The maximum atomic E-state index is 9.52. The molecule has 3 aromatic heterocycles. The number of nitrogens with zero attached hydrogens (tertiary/aromatic N) is 5. The van der Waals surface area contributed by atoms with Crippen molar-refractivity contribution in [2.45, 2.75) is 6.92 Å². The van der Waals surface area contributed by atoms with Crippen molar-refractivity contribution in [1.29, 1.82) is 5.26 Å². The second kappa shape index (κ2) is 5.88. The molecular weight excluding hydrogens is 359 g/mol. The van der Waals surface area contributed by atoms with Gasteiger partial charge in [-0.3, -0.25) is 4.40 Å². The summed E-state index contributed by atoms with van der Waals surface area (Å²) >= 11 is 12.3. The third-order valence-electron chi connectivity index (χ3n) is 3.89. The van der Waals surface area contributed by atoms with Gasteiger partial charge in [0, 0.05) is 0 Å². The molecule has 4 rings (SSSR count). The van der Waals surface area contributed by atoms with Gasteiger partial charge in [0.1, 0.15) is 23.9 Å². The fourth-order valence-corrected chi connectivity index (χ4v) is 3.17. The predicted octanol–water partition coefficient (Wildman–Crippen LogP) is 4.51. The number of benzene rings is 1. The molecule has 0 saturated heterocycles. The Balaban J connectivity index is 2.06. The number of hydrogen-bond donors (Lipinski definition) is 1. The van der Waals surface area contributed by atoms with E-state index in [-0.39, 0.29) is 10.3 Å². The molecule has 0 aliphatic heterocycles. The van der Waals surface area contributed by atoms with E-state index >= 15 is 0 Å². The van der Waals surface area contributed by atoms with E-state index in [4.69, 9.17) is 23.2 Å². The molecule has 0 spiro atoms. The highest BCUT2D eigenvalue weighted by Gasteiger charge is 2.17. The molecule has 8 heteroatoms. The van der Waals surface area contributed by atoms with Gasteiger partial charge in [0.15, 0.2) is 16.0 Å². The van der Waals surface area contributed by atoms with Crippen molar-refractivity contribution < 1.29 is 0 Å². The summed E-state index contributed by atoms with van der Waals surface area (Å²) in [6, 6.07) is 11.7. The monoisotopic (exact) mass is 368 g/mol. The van der Waals surface area contributed by atoms with Crippen molar-refractivity contribution in [2.75, 3.05) is 5.32 Å². The average Bonchev–Trinajstić information content (AvgIpc) is 2.97. The zero-order chi connectivity index (χ0) is 17.6. The second-order valence-electron chi connectivity index (χ2n) is 5.41. The molecule has 3 heterocycles. The van der Waals surface area contributed by atoms with E-state index in [1.165, 1.54) is 6.33 Å². The van der Waals surface area contributed by atoms with Crippen LogP contribution in [0.2, 0.25) is 10.3 Å². The van der Waals surface area contributed by atoms with Gasteiger partial charge in [0.05, 0.1) is 16.6 Å². The molecule has 122 valence electrons. The molecule has 4 aromatic rings. The van der Waals surface area contributed by atoms with Crippen molar-refractivity contribution in [1.82, 2.24) is 19.4 Å². The third kappa shape index (κ3) is 2.45. The summed E-state index contributed by atoms with van der Waals surface area (Å²) in [6.45, 7) is 1.85. The highest BCUT2D eigenvalue weighted by Crippen LogP contribution is 2.32. The van der Waals surface area contributed by atoms with Crippen LogP contribution in [0.1, 0.15) is 11.1 Å². The molecule has 1 N–H and O–H groups in total. The molecule has 25 heavy (non-hydrogen) atoms. The zero-order valence-corrected chi connectivity index (χ0v) is 14.5.